The number of rotatable bonds is 8. The van der Waals surface area contributed by atoms with E-state index in [1.807, 2.05) is 54.7 Å². The third-order valence-corrected chi connectivity index (χ3v) is 6.28. The number of H-pyrrole nitrogens is 1. The molecule has 0 spiro atoms. The highest BCUT2D eigenvalue weighted by Gasteiger charge is 2.15. The summed E-state index contributed by atoms with van der Waals surface area (Å²) in [6.07, 6.45) is 5.29. The average molecular weight is 468 g/mol. The van der Waals surface area contributed by atoms with Crippen LogP contribution in [0.3, 0.4) is 0 Å². The van der Waals surface area contributed by atoms with E-state index in [1.54, 1.807) is 12.4 Å². The van der Waals surface area contributed by atoms with E-state index in [4.69, 9.17) is 4.74 Å². The molecule has 4 aromatic rings. The molecular weight excluding hydrogens is 438 g/mol. The Bertz CT molecular complexity index is 1330. The van der Waals surface area contributed by atoms with Crippen molar-refractivity contribution in [3.8, 4) is 22.9 Å². The highest BCUT2D eigenvalue weighted by atomic mass is 16.5. The number of benzene rings is 2. The molecule has 8 heteroatoms. The molecule has 1 fully saturated rings. The zero-order valence-corrected chi connectivity index (χ0v) is 19.8. The van der Waals surface area contributed by atoms with E-state index < -0.39 is 0 Å². The number of nitriles is 1. The highest BCUT2D eigenvalue weighted by molar-refractivity contribution is 5.96. The molecule has 8 nitrogen and oxygen atoms in total. The topological polar surface area (TPSA) is 92.2 Å². The van der Waals surface area contributed by atoms with Crippen LogP contribution in [0, 0.1) is 11.3 Å². The van der Waals surface area contributed by atoms with Crippen LogP contribution in [0.15, 0.2) is 67.1 Å². The summed E-state index contributed by atoms with van der Waals surface area (Å²) in [6.45, 7) is 5.47. The normalized spacial score (nSPS) is 14.6. The van der Waals surface area contributed by atoms with Crippen molar-refractivity contribution >= 4 is 22.3 Å². The van der Waals surface area contributed by atoms with Crippen molar-refractivity contribution < 1.29 is 4.74 Å². The van der Waals surface area contributed by atoms with Crippen LogP contribution >= 0.6 is 0 Å². The molecule has 2 aromatic carbocycles. The quantitative estimate of drug-likeness (QED) is 0.338. The summed E-state index contributed by atoms with van der Waals surface area (Å²) in [7, 11) is 2.15. The molecular formula is C27H29N7O. The zero-order chi connectivity index (χ0) is 24.0. The Labute approximate surface area is 205 Å². The maximum atomic E-state index is 9.79. The van der Waals surface area contributed by atoms with E-state index in [0.717, 1.165) is 71.9 Å². The second kappa shape index (κ2) is 10.6. The third-order valence-electron chi connectivity index (χ3n) is 6.28. The maximum Gasteiger partial charge on any atom is 0.119 e. The first-order chi connectivity index (χ1) is 17.2. The molecule has 0 aliphatic carbocycles. The summed E-state index contributed by atoms with van der Waals surface area (Å²) < 4.78 is 6.03. The molecule has 0 radical (unpaired) electrons. The second-order valence-electron chi connectivity index (χ2n) is 8.67. The molecule has 3 N–H and O–H groups in total. The van der Waals surface area contributed by atoms with Gasteiger partial charge in [-0.25, -0.2) is 5.01 Å². The number of nitrogens with one attached hydrogen (secondary N) is 3. The van der Waals surface area contributed by atoms with Gasteiger partial charge in [0.15, 0.2) is 0 Å². The minimum absolute atomic E-state index is 0.484. The summed E-state index contributed by atoms with van der Waals surface area (Å²) in [5.74, 6) is 0.781. The van der Waals surface area contributed by atoms with Crippen LogP contribution in [0.1, 0.15) is 5.56 Å². The van der Waals surface area contributed by atoms with Gasteiger partial charge in [-0.1, -0.05) is 18.2 Å². The largest absolute Gasteiger partial charge is 0.492 e. The van der Waals surface area contributed by atoms with Crippen molar-refractivity contribution in [1.82, 2.24) is 25.3 Å². The molecule has 0 saturated carbocycles. The minimum atomic E-state index is 0.484. The summed E-state index contributed by atoms with van der Waals surface area (Å²) in [4.78, 5) is 9.88. The molecule has 0 amide bonds. The van der Waals surface area contributed by atoms with Crippen LogP contribution in [0.4, 0.5) is 11.4 Å². The molecule has 35 heavy (non-hydrogen) atoms. The zero-order valence-electron chi connectivity index (χ0n) is 19.8. The van der Waals surface area contributed by atoms with Crippen LogP contribution in [0.2, 0.25) is 0 Å². The van der Waals surface area contributed by atoms with E-state index in [2.05, 4.69) is 43.7 Å². The van der Waals surface area contributed by atoms with Crippen molar-refractivity contribution in [2.45, 2.75) is 0 Å². The molecule has 0 atom stereocenters. The first-order valence-electron chi connectivity index (χ1n) is 11.8. The van der Waals surface area contributed by atoms with E-state index in [0.29, 0.717) is 12.2 Å². The van der Waals surface area contributed by atoms with E-state index in [9.17, 15) is 5.26 Å². The lowest BCUT2D eigenvalue weighted by Gasteiger charge is -2.32. The van der Waals surface area contributed by atoms with Crippen molar-refractivity contribution in [3.63, 3.8) is 0 Å². The molecule has 0 unspecified atom stereocenters. The third kappa shape index (κ3) is 5.28. The molecule has 1 aliphatic heterocycles. The SMILES string of the molecule is CN1CCN(NCCOc2cccc(-c3cncc(C#N)c3Nc3cccc4[nH]ccc34)c2)CC1. The van der Waals surface area contributed by atoms with E-state index >= 15 is 0 Å². The predicted octanol–water partition coefficient (Wildman–Crippen LogP) is 3.98. The maximum absolute atomic E-state index is 9.79. The van der Waals surface area contributed by atoms with Crippen LogP contribution < -0.4 is 15.5 Å². The summed E-state index contributed by atoms with van der Waals surface area (Å²) in [5, 5.41) is 16.6. The van der Waals surface area contributed by atoms with Crippen LogP contribution in [-0.2, 0) is 0 Å². The summed E-state index contributed by atoms with van der Waals surface area (Å²) in [5.41, 5.74) is 8.39. The van der Waals surface area contributed by atoms with Crippen molar-refractivity contribution in [1.29, 1.82) is 5.26 Å². The molecule has 1 saturated heterocycles. The number of aromatic nitrogens is 2. The van der Waals surface area contributed by atoms with Gasteiger partial charge in [0.25, 0.3) is 0 Å². The number of aromatic amines is 1. The number of likely N-dealkylation sites (N-methyl/N-ethyl adjacent to an activating group) is 1. The van der Waals surface area contributed by atoms with Crippen molar-refractivity contribution in [3.05, 3.63) is 72.7 Å². The Morgan fingerprint density at radius 3 is 2.80 bits per heavy atom. The second-order valence-corrected chi connectivity index (χ2v) is 8.67. The van der Waals surface area contributed by atoms with E-state index in [-0.39, 0.29) is 0 Å². The van der Waals surface area contributed by atoms with Gasteiger partial charge in [0.1, 0.15) is 18.4 Å². The number of pyridine rings is 1. The Hall–Kier alpha value is -3.90. The van der Waals surface area contributed by atoms with E-state index in [1.165, 1.54) is 0 Å². The van der Waals surface area contributed by atoms with Gasteiger partial charge >= 0.3 is 0 Å². The summed E-state index contributed by atoms with van der Waals surface area (Å²) >= 11 is 0. The molecule has 1 aliphatic rings. The van der Waals surface area contributed by atoms with Gasteiger partial charge in [0, 0.05) is 73.5 Å². The number of anilines is 2. The number of hydrogen-bond acceptors (Lipinski definition) is 7. The predicted molar refractivity (Wildman–Crippen MR) is 139 cm³/mol. The number of hydrogen-bond donors (Lipinski definition) is 3. The van der Waals surface area contributed by atoms with Gasteiger partial charge < -0.3 is 19.9 Å². The number of hydrazine groups is 1. The summed E-state index contributed by atoms with van der Waals surface area (Å²) in [6, 6.07) is 18.2. The number of piperazine rings is 1. The van der Waals surface area contributed by atoms with Crippen LogP contribution in [0.5, 0.6) is 5.75 Å². The Morgan fingerprint density at radius 2 is 1.94 bits per heavy atom. The lowest BCUT2D eigenvalue weighted by atomic mass is 10.0. The Kier molecular flexibility index (Phi) is 6.91. The standard InChI is InChI=1S/C27H29N7O/c1-33-11-13-34(14-12-33)31-10-15-35-22-5-2-4-20(16-22)24-19-29-18-21(17-28)27(24)32-26-7-3-6-25-23(26)8-9-30-25/h2-9,16,18-19,30-31H,10-15H2,1H3,(H,29,32). The molecule has 0 bridgehead atoms. The number of nitrogens with zero attached hydrogens (tertiary/aromatic N) is 4. The average Bonchev–Trinajstić information content (AvgIpc) is 3.38. The fraction of sp³-hybridized carbons (Fsp3) is 0.259. The van der Waals surface area contributed by atoms with Crippen LogP contribution in [0.25, 0.3) is 22.0 Å². The fourth-order valence-corrected chi connectivity index (χ4v) is 4.32. The van der Waals surface area contributed by atoms with Gasteiger partial charge in [-0.3, -0.25) is 10.4 Å². The molecule has 178 valence electrons. The molecule has 5 rings (SSSR count). The number of ether oxygens (including phenoxy) is 1. The lowest BCUT2D eigenvalue weighted by Crippen LogP contribution is -2.51. The molecule has 2 aromatic heterocycles. The highest BCUT2D eigenvalue weighted by Crippen LogP contribution is 2.35. The Balaban J connectivity index is 1.32. The van der Waals surface area contributed by atoms with Crippen molar-refractivity contribution in [2.75, 3.05) is 51.7 Å². The Morgan fingerprint density at radius 1 is 1.09 bits per heavy atom. The van der Waals surface area contributed by atoms with Gasteiger partial charge in [0.05, 0.1) is 11.3 Å². The smallest absolute Gasteiger partial charge is 0.119 e. The fourth-order valence-electron chi connectivity index (χ4n) is 4.32. The monoisotopic (exact) mass is 467 g/mol. The van der Waals surface area contributed by atoms with Gasteiger partial charge in [0.2, 0.25) is 0 Å². The first kappa shape index (κ1) is 22.9. The minimum Gasteiger partial charge on any atom is -0.492 e. The lowest BCUT2D eigenvalue weighted by molar-refractivity contribution is 0.0979. The van der Waals surface area contributed by atoms with Gasteiger partial charge in [-0.2, -0.15) is 5.26 Å². The molecule has 3 heterocycles. The van der Waals surface area contributed by atoms with Crippen molar-refractivity contribution in [2.24, 2.45) is 0 Å². The van der Waals surface area contributed by atoms with Gasteiger partial charge in [-0.15, -0.1) is 0 Å². The van der Waals surface area contributed by atoms with Gasteiger partial charge in [-0.05, 0) is 42.9 Å². The first-order valence-corrected chi connectivity index (χ1v) is 11.8. The number of fused-ring (bicyclic) bond motifs is 1. The van der Waals surface area contributed by atoms with Crippen LogP contribution in [-0.4, -0.2) is 66.3 Å².